The zero-order valence-electron chi connectivity index (χ0n) is 12.5. The Morgan fingerprint density at radius 2 is 1.73 bits per heavy atom. The van der Waals surface area contributed by atoms with Gasteiger partial charge in [-0.15, -0.1) is 0 Å². The molecular formula is C19H18N2O. The zero-order chi connectivity index (χ0) is 15.2. The molecule has 22 heavy (non-hydrogen) atoms. The van der Waals surface area contributed by atoms with E-state index in [0.717, 1.165) is 22.4 Å². The number of para-hydroxylation sites is 1. The van der Waals surface area contributed by atoms with Gasteiger partial charge in [0.05, 0.1) is 18.5 Å². The van der Waals surface area contributed by atoms with Crippen LogP contribution in [0.5, 0.6) is 5.75 Å². The molecule has 0 radical (unpaired) electrons. The van der Waals surface area contributed by atoms with Crippen molar-refractivity contribution in [3.63, 3.8) is 0 Å². The molecule has 0 amide bonds. The van der Waals surface area contributed by atoms with Crippen LogP contribution < -0.4 is 10.2 Å². The first-order chi connectivity index (χ1) is 10.9. The van der Waals surface area contributed by atoms with Crippen LogP contribution in [0.2, 0.25) is 0 Å². The molecule has 0 fully saturated rings. The summed E-state index contributed by atoms with van der Waals surface area (Å²) in [6, 6.07) is 22.2. The van der Waals surface area contributed by atoms with Crippen molar-refractivity contribution in [1.29, 1.82) is 0 Å². The zero-order valence-corrected chi connectivity index (χ0v) is 12.5. The van der Waals surface area contributed by atoms with Gasteiger partial charge in [0.1, 0.15) is 5.75 Å². The summed E-state index contributed by atoms with van der Waals surface area (Å²) in [5.74, 6) is 0.847. The van der Waals surface area contributed by atoms with E-state index in [9.17, 15) is 0 Å². The van der Waals surface area contributed by atoms with Gasteiger partial charge in [-0.2, -0.15) is 5.10 Å². The minimum Gasteiger partial charge on any atom is -0.493 e. The third-order valence-corrected chi connectivity index (χ3v) is 3.39. The fraction of sp³-hybridized carbons (Fsp3) is 0.105. The van der Waals surface area contributed by atoms with E-state index in [-0.39, 0.29) is 0 Å². The lowest BCUT2D eigenvalue weighted by Crippen LogP contribution is -1.98. The number of nitrogens with zero attached hydrogens (tertiary/aromatic N) is 1. The summed E-state index contributed by atoms with van der Waals surface area (Å²) in [5, 5.41) is 6.65. The Bertz CT molecular complexity index is 782. The van der Waals surface area contributed by atoms with E-state index in [2.05, 4.69) is 28.7 Å². The van der Waals surface area contributed by atoms with Gasteiger partial charge < -0.3 is 4.74 Å². The number of anilines is 1. The third kappa shape index (κ3) is 3.09. The highest BCUT2D eigenvalue weighted by Crippen LogP contribution is 2.26. The fourth-order valence-corrected chi connectivity index (χ4v) is 2.37. The lowest BCUT2D eigenvalue weighted by Gasteiger charge is -2.10. The second-order valence-corrected chi connectivity index (χ2v) is 4.87. The van der Waals surface area contributed by atoms with Gasteiger partial charge in [0.15, 0.2) is 0 Å². The average Bonchev–Trinajstić information content (AvgIpc) is 2.57. The molecule has 0 unspecified atom stereocenters. The minimum absolute atomic E-state index is 0.630. The van der Waals surface area contributed by atoms with Crippen molar-refractivity contribution in [3.05, 3.63) is 72.3 Å². The molecule has 0 spiro atoms. The quantitative estimate of drug-likeness (QED) is 0.546. The molecular weight excluding hydrogens is 272 g/mol. The van der Waals surface area contributed by atoms with Gasteiger partial charge in [-0.1, -0.05) is 48.5 Å². The van der Waals surface area contributed by atoms with Crippen LogP contribution in [0, 0.1) is 0 Å². The van der Waals surface area contributed by atoms with Gasteiger partial charge in [0, 0.05) is 5.56 Å². The maximum atomic E-state index is 5.73. The number of ether oxygens (including phenoxy) is 1. The molecule has 0 heterocycles. The van der Waals surface area contributed by atoms with Crippen LogP contribution >= 0.6 is 0 Å². The molecule has 0 aliphatic heterocycles. The Hall–Kier alpha value is -2.81. The average molecular weight is 290 g/mol. The van der Waals surface area contributed by atoms with Gasteiger partial charge in [-0.25, -0.2) is 0 Å². The van der Waals surface area contributed by atoms with Crippen LogP contribution in [0.25, 0.3) is 10.8 Å². The normalized spacial score (nSPS) is 11.0. The maximum absolute atomic E-state index is 5.73. The van der Waals surface area contributed by atoms with Gasteiger partial charge in [0.25, 0.3) is 0 Å². The summed E-state index contributed by atoms with van der Waals surface area (Å²) in [7, 11) is 0. The van der Waals surface area contributed by atoms with Gasteiger partial charge in [-0.3, -0.25) is 5.43 Å². The van der Waals surface area contributed by atoms with E-state index < -0.39 is 0 Å². The van der Waals surface area contributed by atoms with Gasteiger partial charge in [-0.05, 0) is 35.9 Å². The van der Waals surface area contributed by atoms with E-state index in [1.807, 2.05) is 61.7 Å². The summed E-state index contributed by atoms with van der Waals surface area (Å²) < 4.78 is 5.73. The first-order valence-corrected chi connectivity index (χ1v) is 7.37. The van der Waals surface area contributed by atoms with Crippen molar-refractivity contribution in [1.82, 2.24) is 0 Å². The fourth-order valence-electron chi connectivity index (χ4n) is 2.37. The second-order valence-electron chi connectivity index (χ2n) is 4.87. The molecule has 0 aliphatic rings. The summed E-state index contributed by atoms with van der Waals surface area (Å²) in [6.45, 7) is 2.61. The van der Waals surface area contributed by atoms with Crippen LogP contribution in [0.3, 0.4) is 0 Å². The van der Waals surface area contributed by atoms with Crippen molar-refractivity contribution in [2.75, 3.05) is 12.0 Å². The molecule has 110 valence electrons. The van der Waals surface area contributed by atoms with Crippen LogP contribution in [0.15, 0.2) is 71.8 Å². The van der Waals surface area contributed by atoms with Crippen LogP contribution in [-0.2, 0) is 0 Å². The molecule has 1 N–H and O–H groups in total. The highest BCUT2D eigenvalue weighted by Gasteiger charge is 2.06. The van der Waals surface area contributed by atoms with Crippen LogP contribution in [-0.4, -0.2) is 12.8 Å². The number of hydrogen-bond donors (Lipinski definition) is 1. The molecule has 3 heteroatoms. The topological polar surface area (TPSA) is 33.6 Å². The molecule has 3 aromatic rings. The smallest absolute Gasteiger partial charge is 0.128 e. The van der Waals surface area contributed by atoms with E-state index in [0.29, 0.717) is 6.61 Å². The van der Waals surface area contributed by atoms with E-state index in [1.165, 1.54) is 5.39 Å². The molecule has 0 aliphatic carbocycles. The number of fused-ring (bicyclic) bond motifs is 1. The Morgan fingerprint density at radius 1 is 0.955 bits per heavy atom. The lowest BCUT2D eigenvalue weighted by molar-refractivity contribution is 0.340. The number of benzene rings is 3. The van der Waals surface area contributed by atoms with E-state index >= 15 is 0 Å². The molecule has 0 saturated heterocycles. The van der Waals surface area contributed by atoms with Crippen molar-refractivity contribution in [3.8, 4) is 5.75 Å². The second kappa shape index (κ2) is 6.76. The van der Waals surface area contributed by atoms with Crippen molar-refractivity contribution < 1.29 is 4.74 Å². The predicted octanol–water partition coefficient (Wildman–Crippen LogP) is 4.68. The standard InChI is InChI=1S/C19H18N2O/c1-2-22-19-13-12-15-8-6-7-11-17(15)18(19)14-20-21-16-9-4-3-5-10-16/h3-14,21H,2H2,1H3/b20-14-. The molecule has 3 rings (SSSR count). The molecule has 0 atom stereocenters. The maximum Gasteiger partial charge on any atom is 0.128 e. The molecule has 3 nitrogen and oxygen atoms in total. The first kappa shape index (κ1) is 14.1. The molecule has 0 bridgehead atoms. The third-order valence-electron chi connectivity index (χ3n) is 3.39. The van der Waals surface area contributed by atoms with Crippen molar-refractivity contribution >= 4 is 22.7 Å². The van der Waals surface area contributed by atoms with Gasteiger partial charge >= 0.3 is 0 Å². The summed E-state index contributed by atoms with van der Waals surface area (Å²) in [4.78, 5) is 0. The monoisotopic (exact) mass is 290 g/mol. The summed E-state index contributed by atoms with van der Waals surface area (Å²) >= 11 is 0. The lowest BCUT2D eigenvalue weighted by atomic mass is 10.0. The Labute approximate surface area is 130 Å². The van der Waals surface area contributed by atoms with Crippen molar-refractivity contribution in [2.45, 2.75) is 6.92 Å². The highest BCUT2D eigenvalue weighted by molar-refractivity contribution is 6.02. The number of hydrogen-bond acceptors (Lipinski definition) is 3. The minimum atomic E-state index is 0.630. The largest absolute Gasteiger partial charge is 0.493 e. The summed E-state index contributed by atoms with van der Waals surface area (Å²) in [5.41, 5.74) is 4.99. The van der Waals surface area contributed by atoms with Gasteiger partial charge in [0.2, 0.25) is 0 Å². The van der Waals surface area contributed by atoms with Crippen LogP contribution in [0.1, 0.15) is 12.5 Å². The Morgan fingerprint density at radius 3 is 2.55 bits per heavy atom. The number of nitrogens with one attached hydrogen (secondary N) is 1. The molecule has 3 aromatic carbocycles. The number of rotatable bonds is 5. The van der Waals surface area contributed by atoms with E-state index in [4.69, 9.17) is 4.74 Å². The number of hydrazone groups is 1. The van der Waals surface area contributed by atoms with E-state index in [1.54, 1.807) is 0 Å². The van der Waals surface area contributed by atoms with Crippen LogP contribution in [0.4, 0.5) is 5.69 Å². The highest BCUT2D eigenvalue weighted by atomic mass is 16.5. The van der Waals surface area contributed by atoms with Crippen molar-refractivity contribution in [2.24, 2.45) is 5.10 Å². The SMILES string of the molecule is CCOc1ccc2ccccc2c1/C=N\Nc1ccccc1. The Balaban J connectivity index is 1.95. The first-order valence-electron chi connectivity index (χ1n) is 7.37. The summed E-state index contributed by atoms with van der Waals surface area (Å²) in [6.07, 6.45) is 1.82. The molecule has 0 saturated carbocycles. The predicted molar refractivity (Wildman–Crippen MR) is 92.8 cm³/mol. The Kier molecular flexibility index (Phi) is 4.35. The molecule has 0 aromatic heterocycles.